The van der Waals surface area contributed by atoms with E-state index in [1.165, 1.54) is 0 Å². The zero-order valence-corrected chi connectivity index (χ0v) is 12.5. The van der Waals surface area contributed by atoms with Gasteiger partial charge >= 0.3 is 0 Å². The van der Waals surface area contributed by atoms with E-state index in [9.17, 15) is 0 Å². The van der Waals surface area contributed by atoms with Crippen LogP contribution in [0.3, 0.4) is 0 Å². The van der Waals surface area contributed by atoms with E-state index >= 15 is 0 Å². The first-order chi connectivity index (χ1) is 9.09. The topological polar surface area (TPSA) is 125 Å². The SMILES string of the molecule is CCO.CCO.CCO.OCCN(CCO)CCO. The van der Waals surface area contributed by atoms with Crippen molar-refractivity contribution in [1.29, 1.82) is 0 Å². The van der Waals surface area contributed by atoms with Crippen LogP contribution in [0.5, 0.6) is 0 Å². The van der Waals surface area contributed by atoms with E-state index in [0.717, 1.165) is 0 Å². The van der Waals surface area contributed by atoms with E-state index in [0.29, 0.717) is 19.6 Å². The van der Waals surface area contributed by atoms with Crippen molar-refractivity contribution < 1.29 is 30.6 Å². The van der Waals surface area contributed by atoms with Crippen molar-refractivity contribution in [3.8, 4) is 0 Å². The number of hydrogen-bond donors (Lipinski definition) is 6. The maximum absolute atomic E-state index is 8.48. The van der Waals surface area contributed by atoms with Crippen molar-refractivity contribution in [2.75, 3.05) is 59.3 Å². The van der Waals surface area contributed by atoms with Crippen LogP contribution in [0.15, 0.2) is 0 Å². The van der Waals surface area contributed by atoms with Gasteiger partial charge in [-0.25, -0.2) is 0 Å². The van der Waals surface area contributed by atoms with Crippen molar-refractivity contribution in [3.63, 3.8) is 0 Å². The molecule has 0 saturated carbocycles. The summed E-state index contributed by atoms with van der Waals surface area (Å²) in [5.41, 5.74) is 0. The fraction of sp³-hybridized carbons (Fsp3) is 1.00. The van der Waals surface area contributed by atoms with Crippen LogP contribution in [0.25, 0.3) is 0 Å². The second kappa shape index (κ2) is 36.1. The monoisotopic (exact) mass is 287 g/mol. The molecule has 122 valence electrons. The Balaban J connectivity index is -0.000000103. The van der Waals surface area contributed by atoms with Gasteiger partial charge in [0.05, 0.1) is 19.8 Å². The first-order valence-corrected chi connectivity index (χ1v) is 6.47. The maximum atomic E-state index is 8.48. The van der Waals surface area contributed by atoms with E-state index in [1.54, 1.807) is 25.7 Å². The summed E-state index contributed by atoms with van der Waals surface area (Å²) >= 11 is 0. The van der Waals surface area contributed by atoms with Crippen LogP contribution in [0.1, 0.15) is 20.8 Å². The number of nitrogens with zero attached hydrogens (tertiary/aromatic N) is 1. The molecule has 0 radical (unpaired) electrons. The first-order valence-electron chi connectivity index (χ1n) is 6.47. The van der Waals surface area contributed by atoms with E-state index in [-0.39, 0.29) is 39.6 Å². The zero-order chi connectivity index (χ0) is 15.9. The van der Waals surface area contributed by atoms with Gasteiger partial charge in [0.25, 0.3) is 0 Å². The number of rotatable bonds is 6. The molecule has 0 fully saturated rings. The highest BCUT2D eigenvalue weighted by Gasteiger charge is 2.00. The minimum Gasteiger partial charge on any atom is -0.397 e. The predicted molar refractivity (Wildman–Crippen MR) is 76.0 cm³/mol. The van der Waals surface area contributed by atoms with Crippen molar-refractivity contribution in [2.24, 2.45) is 0 Å². The Morgan fingerprint density at radius 3 is 0.789 bits per heavy atom. The molecule has 19 heavy (non-hydrogen) atoms. The lowest BCUT2D eigenvalue weighted by Gasteiger charge is -2.17. The molecular formula is C12H33NO6. The third-order valence-electron chi connectivity index (χ3n) is 1.25. The van der Waals surface area contributed by atoms with Gasteiger partial charge in [0.1, 0.15) is 0 Å². The molecule has 0 rings (SSSR count). The minimum absolute atomic E-state index is 0.0694. The molecule has 7 heteroatoms. The van der Waals surface area contributed by atoms with E-state index in [4.69, 9.17) is 30.6 Å². The maximum Gasteiger partial charge on any atom is 0.0558 e. The number of hydrogen-bond acceptors (Lipinski definition) is 7. The van der Waals surface area contributed by atoms with Gasteiger partial charge in [-0.05, 0) is 20.8 Å². The van der Waals surface area contributed by atoms with Gasteiger partial charge in [-0.1, -0.05) is 0 Å². The highest BCUT2D eigenvalue weighted by molar-refractivity contribution is 4.54. The summed E-state index contributed by atoms with van der Waals surface area (Å²) in [5.74, 6) is 0. The molecule has 0 bridgehead atoms. The molecule has 7 nitrogen and oxygen atoms in total. The van der Waals surface area contributed by atoms with Gasteiger partial charge in [0.15, 0.2) is 0 Å². The summed E-state index contributed by atoms with van der Waals surface area (Å²) in [6.45, 7) is 7.55. The molecule has 0 spiro atoms. The predicted octanol–water partition coefficient (Wildman–Crippen LogP) is -1.74. The third-order valence-corrected chi connectivity index (χ3v) is 1.25. The third kappa shape index (κ3) is 57.6. The molecule has 0 atom stereocenters. The lowest BCUT2D eigenvalue weighted by atomic mass is 10.4. The highest BCUT2D eigenvalue weighted by Crippen LogP contribution is 1.84. The van der Waals surface area contributed by atoms with Crippen LogP contribution in [0.4, 0.5) is 0 Å². The molecule has 0 aromatic heterocycles. The lowest BCUT2D eigenvalue weighted by molar-refractivity contribution is 0.136. The Kier molecular flexibility index (Phi) is 51.5. The minimum atomic E-state index is 0.0694. The highest BCUT2D eigenvalue weighted by atomic mass is 16.3. The molecule has 6 N–H and O–H groups in total. The molecule has 0 aromatic rings. The van der Waals surface area contributed by atoms with E-state index in [2.05, 4.69) is 0 Å². The summed E-state index contributed by atoms with van der Waals surface area (Å²) in [7, 11) is 0. The van der Waals surface area contributed by atoms with Crippen molar-refractivity contribution in [2.45, 2.75) is 20.8 Å². The average molecular weight is 287 g/mol. The van der Waals surface area contributed by atoms with Crippen LogP contribution in [-0.4, -0.2) is 94.8 Å². The van der Waals surface area contributed by atoms with Crippen LogP contribution in [0, 0.1) is 0 Å². The fourth-order valence-corrected chi connectivity index (χ4v) is 0.760. The molecule has 0 saturated heterocycles. The zero-order valence-electron chi connectivity index (χ0n) is 12.5. The van der Waals surface area contributed by atoms with Gasteiger partial charge in [-0.3, -0.25) is 4.90 Å². The standard InChI is InChI=1S/C6H15NO3.3C2H6O/c8-4-1-7(2-5-9)3-6-10;3*1-2-3/h8-10H,1-6H2;3*3H,2H2,1H3. The quantitative estimate of drug-likeness (QED) is 0.343. The summed E-state index contributed by atoms with van der Waals surface area (Å²) in [6, 6.07) is 0. The lowest BCUT2D eigenvalue weighted by Crippen LogP contribution is -2.32. The van der Waals surface area contributed by atoms with Gasteiger partial charge in [-0.15, -0.1) is 0 Å². The molecule has 0 amide bonds. The van der Waals surface area contributed by atoms with Gasteiger partial charge in [-0.2, -0.15) is 0 Å². The molecule has 0 aliphatic heterocycles. The Hall–Kier alpha value is -0.280. The first kappa shape index (κ1) is 27.1. The average Bonchev–Trinajstić information content (AvgIpc) is 2.33. The van der Waals surface area contributed by atoms with Gasteiger partial charge < -0.3 is 30.6 Å². The van der Waals surface area contributed by atoms with Gasteiger partial charge in [0, 0.05) is 39.5 Å². The molecule has 0 unspecified atom stereocenters. The Morgan fingerprint density at radius 1 is 0.526 bits per heavy atom. The van der Waals surface area contributed by atoms with Crippen LogP contribution in [-0.2, 0) is 0 Å². The van der Waals surface area contributed by atoms with Crippen LogP contribution >= 0.6 is 0 Å². The van der Waals surface area contributed by atoms with Crippen LogP contribution in [0.2, 0.25) is 0 Å². The van der Waals surface area contributed by atoms with Crippen molar-refractivity contribution in [1.82, 2.24) is 4.90 Å². The summed E-state index contributed by atoms with van der Waals surface area (Å²) in [5, 5.41) is 48.2. The Bertz CT molecular complexity index is 89.2. The smallest absolute Gasteiger partial charge is 0.0558 e. The second-order valence-electron chi connectivity index (χ2n) is 2.96. The van der Waals surface area contributed by atoms with Crippen molar-refractivity contribution >= 4 is 0 Å². The van der Waals surface area contributed by atoms with Crippen LogP contribution < -0.4 is 0 Å². The largest absolute Gasteiger partial charge is 0.397 e. The Labute approximate surface area is 116 Å². The molecule has 0 aromatic carbocycles. The van der Waals surface area contributed by atoms with E-state index < -0.39 is 0 Å². The fourth-order valence-electron chi connectivity index (χ4n) is 0.760. The second-order valence-corrected chi connectivity index (χ2v) is 2.96. The number of aliphatic hydroxyl groups excluding tert-OH is 6. The summed E-state index contributed by atoms with van der Waals surface area (Å²) in [4.78, 5) is 1.79. The number of aliphatic hydroxyl groups is 6. The molecule has 0 aliphatic rings. The molecule has 0 heterocycles. The summed E-state index contributed by atoms with van der Waals surface area (Å²) in [6.07, 6.45) is 0. The van der Waals surface area contributed by atoms with Crippen molar-refractivity contribution in [3.05, 3.63) is 0 Å². The Morgan fingerprint density at radius 2 is 0.684 bits per heavy atom. The molecular weight excluding hydrogens is 254 g/mol. The van der Waals surface area contributed by atoms with Gasteiger partial charge in [0.2, 0.25) is 0 Å². The summed E-state index contributed by atoms with van der Waals surface area (Å²) < 4.78 is 0. The normalized spacial score (nSPS) is 8.53. The molecule has 0 aliphatic carbocycles. The van der Waals surface area contributed by atoms with E-state index in [1.807, 2.05) is 0 Å².